The highest BCUT2D eigenvalue weighted by Gasteiger charge is 2.17. The third kappa shape index (κ3) is 4.08. The van der Waals surface area contributed by atoms with Crippen molar-refractivity contribution in [2.24, 2.45) is 0 Å². The molecule has 1 N–H and O–H groups in total. The molecule has 2 unspecified atom stereocenters. The number of hydrogen-bond acceptors (Lipinski definition) is 5. The Morgan fingerprint density at radius 1 is 1.30 bits per heavy atom. The van der Waals surface area contributed by atoms with Crippen LogP contribution in [0.1, 0.15) is 48.9 Å². The van der Waals surface area contributed by atoms with Crippen molar-refractivity contribution in [2.45, 2.75) is 38.0 Å². The molecule has 1 aromatic heterocycles. The molecule has 2 aromatic rings. The van der Waals surface area contributed by atoms with Crippen LogP contribution in [0.5, 0.6) is 0 Å². The molecule has 0 aliphatic heterocycles. The molecule has 0 radical (unpaired) electrons. The molecule has 0 saturated carbocycles. The van der Waals surface area contributed by atoms with E-state index in [1.54, 1.807) is 11.8 Å². The molecule has 0 bridgehead atoms. The van der Waals surface area contributed by atoms with E-state index in [0.717, 1.165) is 24.2 Å². The molecule has 1 heterocycles. The SMILES string of the molecule is CCCc1noc(C(C)SCC(O)c2ccccc2)n1. The number of nitrogens with zero attached hydrogens (tertiary/aromatic N) is 2. The van der Waals surface area contributed by atoms with Crippen LogP contribution in [0.4, 0.5) is 0 Å². The van der Waals surface area contributed by atoms with Gasteiger partial charge in [-0.05, 0) is 18.9 Å². The lowest BCUT2D eigenvalue weighted by molar-refractivity contribution is 0.204. The number of aliphatic hydroxyl groups excluding tert-OH is 1. The van der Waals surface area contributed by atoms with Gasteiger partial charge in [-0.1, -0.05) is 42.4 Å². The zero-order valence-electron chi connectivity index (χ0n) is 11.8. The van der Waals surface area contributed by atoms with Crippen LogP contribution in [-0.4, -0.2) is 21.0 Å². The van der Waals surface area contributed by atoms with Crippen molar-refractivity contribution in [1.29, 1.82) is 0 Å². The fraction of sp³-hybridized carbons (Fsp3) is 0.467. The Hall–Kier alpha value is -1.33. The summed E-state index contributed by atoms with van der Waals surface area (Å²) >= 11 is 1.62. The molecule has 0 amide bonds. The second-order valence-corrected chi connectivity index (χ2v) is 6.07. The van der Waals surface area contributed by atoms with Gasteiger partial charge in [0.2, 0.25) is 5.89 Å². The maximum absolute atomic E-state index is 10.1. The van der Waals surface area contributed by atoms with E-state index in [2.05, 4.69) is 17.1 Å². The molecule has 0 fully saturated rings. The Morgan fingerprint density at radius 3 is 2.75 bits per heavy atom. The fourth-order valence-corrected chi connectivity index (χ4v) is 2.74. The number of thioether (sulfide) groups is 1. The van der Waals surface area contributed by atoms with Crippen LogP contribution in [0.3, 0.4) is 0 Å². The highest BCUT2D eigenvalue weighted by atomic mass is 32.2. The van der Waals surface area contributed by atoms with Gasteiger partial charge in [-0.3, -0.25) is 0 Å². The van der Waals surface area contributed by atoms with Crippen molar-refractivity contribution in [1.82, 2.24) is 10.1 Å². The number of aliphatic hydroxyl groups is 1. The van der Waals surface area contributed by atoms with Crippen molar-refractivity contribution in [3.63, 3.8) is 0 Å². The Morgan fingerprint density at radius 2 is 2.05 bits per heavy atom. The van der Waals surface area contributed by atoms with Gasteiger partial charge in [0.05, 0.1) is 11.4 Å². The minimum absolute atomic E-state index is 0.0893. The molecule has 1 aromatic carbocycles. The van der Waals surface area contributed by atoms with Crippen LogP contribution in [0.15, 0.2) is 34.9 Å². The topological polar surface area (TPSA) is 59.2 Å². The summed E-state index contributed by atoms with van der Waals surface area (Å²) in [6.07, 6.45) is 1.38. The highest BCUT2D eigenvalue weighted by Crippen LogP contribution is 2.30. The van der Waals surface area contributed by atoms with Gasteiger partial charge in [-0.25, -0.2) is 0 Å². The lowest BCUT2D eigenvalue weighted by Gasteiger charge is -2.12. The number of benzene rings is 1. The summed E-state index contributed by atoms with van der Waals surface area (Å²) in [5, 5.41) is 14.2. The van der Waals surface area contributed by atoms with Crippen LogP contribution in [-0.2, 0) is 6.42 Å². The average Bonchev–Trinajstić information content (AvgIpc) is 2.94. The van der Waals surface area contributed by atoms with Crippen molar-refractivity contribution in [3.8, 4) is 0 Å². The molecule has 0 spiro atoms. The van der Waals surface area contributed by atoms with Crippen molar-refractivity contribution in [2.75, 3.05) is 5.75 Å². The molecule has 0 aliphatic rings. The van der Waals surface area contributed by atoms with E-state index < -0.39 is 6.10 Å². The number of rotatable bonds is 7. The Kier molecular flexibility index (Phi) is 5.61. The standard InChI is InChI=1S/C15H20N2O2S/c1-3-7-14-16-15(19-17-14)11(2)20-10-13(18)12-8-5-4-6-9-12/h4-6,8-9,11,13,18H,3,7,10H2,1-2H3. The van der Waals surface area contributed by atoms with Crippen molar-refractivity contribution >= 4 is 11.8 Å². The summed E-state index contributed by atoms with van der Waals surface area (Å²) in [5.41, 5.74) is 0.935. The third-order valence-corrected chi connectivity index (χ3v) is 4.20. The molecule has 0 aliphatic carbocycles. The second kappa shape index (κ2) is 7.45. The largest absolute Gasteiger partial charge is 0.388 e. The minimum atomic E-state index is -0.471. The zero-order valence-corrected chi connectivity index (χ0v) is 12.6. The van der Waals surface area contributed by atoms with Gasteiger partial charge in [0.1, 0.15) is 0 Å². The predicted octanol–water partition coefficient (Wildman–Crippen LogP) is 3.55. The van der Waals surface area contributed by atoms with Gasteiger partial charge >= 0.3 is 0 Å². The number of aryl methyl sites for hydroxylation is 1. The first-order valence-electron chi connectivity index (χ1n) is 6.87. The monoisotopic (exact) mass is 292 g/mol. The van der Waals surface area contributed by atoms with Gasteiger partial charge in [-0.2, -0.15) is 4.98 Å². The minimum Gasteiger partial charge on any atom is -0.388 e. The summed E-state index contributed by atoms with van der Waals surface area (Å²) in [5.74, 6) is 2.01. The van der Waals surface area contributed by atoms with E-state index in [1.165, 1.54) is 0 Å². The summed E-state index contributed by atoms with van der Waals surface area (Å²) in [6.45, 7) is 4.11. The normalized spacial score (nSPS) is 14.2. The average molecular weight is 292 g/mol. The van der Waals surface area contributed by atoms with E-state index >= 15 is 0 Å². The summed E-state index contributed by atoms with van der Waals surface area (Å²) in [7, 11) is 0. The van der Waals surface area contributed by atoms with Crippen LogP contribution >= 0.6 is 11.8 Å². The maximum Gasteiger partial charge on any atom is 0.239 e. The van der Waals surface area contributed by atoms with Crippen LogP contribution in [0.2, 0.25) is 0 Å². The lowest BCUT2D eigenvalue weighted by Crippen LogP contribution is -2.02. The van der Waals surface area contributed by atoms with Gasteiger partial charge in [-0.15, -0.1) is 11.8 Å². The summed E-state index contributed by atoms with van der Waals surface area (Å²) < 4.78 is 5.25. The van der Waals surface area contributed by atoms with Crippen molar-refractivity contribution < 1.29 is 9.63 Å². The fourth-order valence-electron chi connectivity index (χ4n) is 1.84. The molecule has 108 valence electrons. The molecular formula is C15H20N2O2S. The second-order valence-electron chi connectivity index (χ2n) is 4.70. The van der Waals surface area contributed by atoms with Gasteiger partial charge < -0.3 is 9.63 Å². The van der Waals surface area contributed by atoms with Crippen LogP contribution in [0, 0.1) is 0 Å². The molecule has 20 heavy (non-hydrogen) atoms. The molecular weight excluding hydrogens is 272 g/mol. The molecule has 0 saturated heterocycles. The van der Waals surface area contributed by atoms with Crippen molar-refractivity contribution in [3.05, 3.63) is 47.6 Å². The van der Waals surface area contributed by atoms with Gasteiger partial charge in [0.15, 0.2) is 5.82 Å². The van der Waals surface area contributed by atoms with Crippen LogP contribution < -0.4 is 0 Å². The lowest BCUT2D eigenvalue weighted by atomic mass is 10.1. The van der Waals surface area contributed by atoms with E-state index in [1.807, 2.05) is 37.3 Å². The number of hydrogen-bond donors (Lipinski definition) is 1. The molecule has 2 rings (SSSR count). The van der Waals surface area contributed by atoms with E-state index in [-0.39, 0.29) is 5.25 Å². The van der Waals surface area contributed by atoms with Crippen LogP contribution in [0.25, 0.3) is 0 Å². The highest BCUT2D eigenvalue weighted by molar-refractivity contribution is 7.99. The first-order chi connectivity index (χ1) is 9.70. The maximum atomic E-state index is 10.1. The summed E-state index contributed by atoms with van der Waals surface area (Å²) in [4.78, 5) is 4.37. The van der Waals surface area contributed by atoms with E-state index in [0.29, 0.717) is 11.6 Å². The molecule has 4 nitrogen and oxygen atoms in total. The third-order valence-electron chi connectivity index (χ3n) is 2.99. The first kappa shape index (κ1) is 15.1. The number of aromatic nitrogens is 2. The first-order valence-corrected chi connectivity index (χ1v) is 7.92. The van der Waals surface area contributed by atoms with E-state index in [4.69, 9.17) is 4.52 Å². The molecule has 2 atom stereocenters. The zero-order chi connectivity index (χ0) is 14.4. The Bertz CT molecular complexity index is 516. The van der Waals surface area contributed by atoms with Gasteiger partial charge in [0.25, 0.3) is 0 Å². The smallest absolute Gasteiger partial charge is 0.239 e. The predicted molar refractivity (Wildman–Crippen MR) is 80.6 cm³/mol. The van der Waals surface area contributed by atoms with Gasteiger partial charge in [0, 0.05) is 12.2 Å². The molecule has 5 heteroatoms. The summed E-state index contributed by atoms with van der Waals surface area (Å²) in [6, 6.07) is 9.67. The quantitative estimate of drug-likeness (QED) is 0.845. The Labute approximate surface area is 123 Å². The van der Waals surface area contributed by atoms with E-state index in [9.17, 15) is 5.11 Å². The Balaban J connectivity index is 1.86.